The van der Waals surface area contributed by atoms with Crippen molar-refractivity contribution in [2.75, 3.05) is 30.4 Å². The average Bonchev–Trinajstić information content (AvgIpc) is 3.32. The van der Waals surface area contributed by atoms with Crippen molar-refractivity contribution in [2.24, 2.45) is 11.8 Å². The van der Waals surface area contributed by atoms with Crippen LogP contribution in [0.2, 0.25) is 0 Å². The van der Waals surface area contributed by atoms with Gasteiger partial charge in [0.2, 0.25) is 0 Å². The summed E-state index contributed by atoms with van der Waals surface area (Å²) in [5.74, 6) is 2.63. The molecule has 0 saturated carbocycles. The molecule has 1 aromatic carbocycles. The van der Waals surface area contributed by atoms with Crippen LogP contribution in [-0.4, -0.2) is 45.8 Å². The Morgan fingerprint density at radius 1 is 1.09 bits per heavy atom. The van der Waals surface area contributed by atoms with Gasteiger partial charge in [0.15, 0.2) is 5.65 Å². The highest BCUT2D eigenvalue weighted by molar-refractivity contribution is 5.91. The summed E-state index contributed by atoms with van der Waals surface area (Å²) in [4.78, 5) is 23.7. The van der Waals surface area contributed by atoms with Crippen molar-refractivity contribution in [1.29, 1.82) is 0 Å². The van der Waals surface area contributed by atoms with Gasteiger partial charge < -0.3 is 15.0 Å². The van der Waals surface area contributed by atoms with E-state index in [4.69, 9.17) is 9.72 Å². The van der Waals surface area contributed by atoms with Crippen LogP contribution in [0.3, 0.4) is 0 Å². The molecule has 1 N–H and O–H groups in total. The van der Waals surface area contributed by atoms with Crippen LogP contribution >= 0.6 is 0 Å². The maximum Gasteiger partial charge on any atom is 0.337 e. The van der Waals surface area contributed by atoms with E-state index in [1.165, 1.54) is 13.5 Å². The second-order valence-corrected chi connectivity index (χ2v) is 9.07. The van der Waals surface area contributed by atoms with Crippen LogP contribution in [0.25, 0.3) is 16.9 Å². The van der Waals surface area contributed by atoms with Crippen molar-refractivity contribution in [3.8, 4) is 11.3 Å². The Labute approximate surface area is 198 Å². The first-order valence-corrected chi connectivity index (χ1v) is 11.5. The predicted octanol–water partition coefficient (Wildman–Crippen LogP) is 4.80. The Morgan fingerprint density at radius 3 is 2.68 bits per heavy atom. The molecule has 0 spiro atoms. The number of pyridine rings is 1. The maximum atomic E-state index is 12.0. The summed E-state index contributed by atoms with van der Waals surface area (Å²) in [5, 5.41) is 8.12. The van der Waals surface area contributed by atoms with E-state index < -0.39 is 0 Å². The summed E-state index contributed by atoms with van der Waals surface area (Å²) < 4.78 is 6.59. The summed E-state index contributed by atoms with van der Waals surface area (Å²) in [6, 6.07) is 15.2. The van der Waals surface area contributed by atoms with Crippen LogP contribution in [0.4, 0.5) is 17.3 Å². The van der Waals surface area contributed by atoms with Gasteiger partial charge in [-0.3, -0.25) is 0 Å². The smallest absolute Gasteiger partial charge is 0.337 e. The number of anilines is 3. The number of ether oxygens (including phenoxy) is 1. The van der Waals surface area contributed by atoms with Crippen LogP contribution in [0.1, 0.15) is 30.6 Å². The van der Waals surface area contributed by atoms with Gasteiger partial charge in [0.25, 0.3) is 0 Å². The molecule has 174 valence electrons. The number of benzene rings is 1. The number of nitrogens with zero attached hydrogens (tertiary/aromatic N) is 5. The lowest BCUT2D eigenvalue weighted by Gasteiger charge is -2.35. The molecule has 2 atom stereocenters. The second-order valence-electron chi connectivity index (χ2n) is 9.07. The first kappa shape index (κ1) is 21.9. The van der Waals surface area contributed by atoms with Crippen LogP contribution in [0.15, 0.2) is 60.9 Å². The first-order chi connectivity index (χ1) is 16.5. The summed E-state index contributed by atoms with van der Waals surface area (Å²) in [5.41, 5.74) is 3.46. The Balaban J connectivity index is 1.48. The normalized spacial score (nSPS) is 18.1. The largest absolute Gasteiger partial charge is 0.465 e. The lowest BCUT2D eigenvalue weighted by Crippen LogP contribution is -2.39. The Bertz CT molecular complexity index is 1320. The third-order valence-corrected chi connectivity index (χ3v) is 6.13. The summed E-state index contributed by atoms with van der Waals surface area (Å²) in [7, 11) is 1.37. The number of nitrogens with one attached hydrogen (secondary N) is 1. The highest BCUT2D eigenvalue weighted by Gasteiger charge is 2.23. The molecule has 0 radical (unpaired) electrons. The molecule has 2 unspecified atom stereocenters. The zero-order valence-corrected chi connectivity index (χ0v) is 19.6. The van der Waals surface area contributed by atoms with E-state index in [1.807, 2.05) is 30.3 Å². The van der Waals surface area contributed by atoms with Crippen molar-refractivity contribution in [1.82, 2.24) is 19.6 Å². The van der Waals surface area contributed by atoms with Crippen LogP contribution in [-0.2, 0) is 4.74 Å². The number of hydrogen-bond donors (Lipinski definition) is 1. The fraction of sp³-hybridized carbons (Fsp3) is 0.308. The number of esters is 1. The van der Waals surface area contributed by atoms with E-state index in [0.717, 1.165) is 36.0 Å². The quantitative estimate of drug-likeness (QED) is 0.432. The fourth-order valence-electron chi connectivity index (χ4n) is 4.73. The third kappa shape index (κ3) is 4.44. The topological polar surface area (TPSA) is 84.6 Å². The van der Waals surface area contributed by atoms with Crippen LogP contribution < -0.4 is 10.2 Å². The lowest BCUT2D eigenvalue weighted by atomic mass is 9.92. The zero-order chi connectivity index (χ0) is 23.7. The maximum absolute atomic E-state index is 12.0. The molecule has 4 aromatic rings. The number of fused-ring (bicyclic) bond motifs is 1. The van der Waals surface area contributed by atoms with E-state index in [2.05, 4.69) is 40.2 Å². The van der Waals surface area contributed by atoms with E-state index in [-0.39, 0.29) is 5.97 Å². The van der Waals surface area contributed by atoms with Crippen LogP contribution in [0.5, 0.6) is 0 Å². The molecule has 3 aromatic heterocycles. The molecule has 1 saturated heterocycles. The van der Waals surface area contributed by atoms with Crippen LogP contribution in [0, 0.1) is 11.8 Å². The number of methoxy groups -OCH3 is 1. The Morgan fingerprint density at radius 2 is 1.88 bits per heavy atom. The molecular weight excluding hydrogens is 428 g/mol. The number of carbonyl (C=O) groups excluding carboxylic acids is 1. The summed E-state index contributed by atoms with van der Waals surface area (Å²) >= 11 is 0. The summed E-state index contributed by atoms with van der Waals surface area (Å²) in [6.45, 7) is 6.63. The van der Waals surface area contributed by atoms with Gasteiger partial charge in [-0.1, -0.05) is 32.0 Å². The van der Waals surface area contributed by atoms with E-state index in [0.29, 0.717) is 28.7 Å². The van der Waals surface area contributed by atoms with Crippen molar-refractivity contribution in [2.45, 2.75) is 20.3 Å². The van der Waals surface area contributed by atoms with Gasteiger partial charge in [0.1, 0.15) is 11.6 Å². The van der Waals surface area contributed by atoms with Crippen molar-refractivity contribution >= 4 is 28.9 Å². The van der Waals surface area contributed by atoms with Crippen molar-refractivity contribution < 1.29 is 9.53 Å². The van der Waals surface area contributed by atoms with Gasteiger partial charge in [-0.2, -0.15) is 5.10 Å². The number of imidazole rings is 1. The number of hydrogen-bond acceptors (Lipinski definition) is 7. The summed E-state index contributed by atoms with van der Waals surface area (Å²) in [6.07, 6.45) is 4.76. The standard InChI is InChI=1S/C26H28N6O2/c1-17-12-18(2)16-31(15-17)24-9-5-8-23(29-24)28-22-14-21(30-32-11-10-27-25(22)32)19-6-4-7-20(13-19)26(33)34-3/h4-11,13-14,17-18H,12,15-16H2,1-3H3,(H,28,29). The molecule has 0 aliphatic carbocycles. The third-order valence-electron chi connectivity index (χ3n) is 6.13. The monoisotopic (exact) mass is 456 g/mol. The van der Waals surface area contributed by atoms with Gasteiger partial charge >= 0.3 is 5.97 Å². The molecule has 8 nitrogen and oxygen atoms in total. The van der Waals surface area contributed by atoms with Gasteiger partial charge in [-0.15, -0.1) is 0 Å². The van der Waals surface area contributed by atoms with Gasteiger partial charge in [0, 0.05) is 31.0 Å². The SMILES string of the molecule is COC(=O)c1cccc(-c2cc(Nc3cccc(N4CC(C)CC(C)C4)n3)c3nccn3n2)c1. The minimum atomic E-state index is -0.383. The zero-order valence-electron chi connectivity index (χ0n) is 19.6. The molecule has 4 heterocycles. The minimum absolute atomic E-state index is 0.383. The van der Waals surface area contributed by atoms with Gasteiger partial charge in [-0.05, 0) is 48.6 Å². The van der Waals surface area contributed by atoms with Crippen molar-refractivity contribution in [3.63, 3.8) is 0 Å². The number of rotatable bonds is 5. The molecule has 34 heavy (non-hydrogen) atoms. The molecule has 0 bridgehead atoms. The van der Waals surface area contributed by atoms with Gasteiger partial charge in [0.05, 0.1) is 24.1 Å². The molecule has 5 rings (SSSR count). The first-order valence-electron chi connectivity index (χ1n) is 11.5. The molecule has 0 amide bonds. The Hall–Kier alpha value is -3.94. The highest BCUT2D eigenvalue weighted by Crippen LogP contribution is 2.29. The molecule has 8 heteroatoms. The number of piperidine rings is 1. The molecule has 1 aliphatic rings. The van der Waals surface area contributed by atoms with E-state index in [9.17, 15) is 4.79 Å². The average molecular weight is 457 g/mol. The van der Waals surface area contributed by atoms with Gasteiger partial charge in [-0.25, -0.2) is 19.3 Å². The minimum Gasteiger partial charge on any atom is -0.465 e. The molecule has 1 fully saturated rings. The number of aromatic nitrogens is 4. The highest BCUT2D eigenvalue weighted by atomic mass is 16.5. The molecule has 1 aliphatic heterocycles. The Kier molecular flexibility index (Phi) is 5.88. The molecular formula is C26H28N6O2. The second kappa shape index (κ2) is 9.13. The lowest BCUT2D eigenvalue weighted by molar-refractivity contribution is 0.0601. The van der Waals surface area contributed by atoms with Crippen molar-refractivity contribution in [3.05, 3.63) is 66.5 Å². The predicted molar refractivity (Wildman–Crippen MR) is 132 cm³/mol. The van der Waals surface area contributed by atoms with E-state index >= 15 is 0 Å². The fourth-order valence-corrected chi connectivity index (χ4v) is 4.73. The number of carbonyl (C=O) groups is 1. The van der Waals surface area contributed by atoms with E-state index in [1.54, 1.807) is 29.0 Å².